The lowest BCUT2D eigenvalue weighted by Crippen LogP contribution is -2.02. The zero-order chi connectivity index (χ0) is 14.5. The van der Waals surface area contributed by atoms with Crippen molar-refractivity contribution < 1.29 is 4.42 Å². The number of hydrogen-bond donors (Lipinski definition) is 0. The molecule has 0 bridgehead atoms. The second-order valence-corrected chi connectivity index (χ2v) is 6.02. The molecule has 108 valence electrons. The summed E-state index contributed by atoms with van der Waals surface area (Å²) in [6.07, 6.45) is 6.72. The lowest BCUT2D eigenvalue weighted by molar-refractivity contribution is 0.500. The first-order valence-corrected chi connectivity index (χ1v) is 7.87. The van der Waals surface area contributed by atoms with E-state index >= 15 is 0 Å². The van der Waals surface area contributed by atoms with Crippen molar-refractivity contribution in [3.63, 3.8) is 0 Å². The molecule has 1 aliphatic carbocycles. The zero-order valence-corrected chi connectivity index (χ0v) is 12.2. The molecule has 0 fully saturated rings. The van der Waals surface area contributed by atoms with Gasteiger partial charge in [0.05, 0.1) is 11.4 Å². The normalized spacial score (nSPS) is 14.5. The molecular weight excluding hydrogens is 272 g/mol. The van der Waals surface area contributed by atoms with Crippen molar-refractivity contribution in [3.8, 4) is 11.3 Å². The van der Waals surface area contributed by atoms with Crippen LogP contribution in [0.4, 0.5) is 0 Å². The minimum absolute atomic E-state index is 0.732. The van der Waals surface area contributed by atoms with Crippen LogP contribution in [0, 0.1) is 0 Å². The second-order valence-electron chi connectivity index (χ2n) is 6.02. The molecule has 0 amide bonds. The number of rotatable bonds is 1. The highest BCUT2D eigenvalue weighted by atomic mass is 16.4. The molecule has 4 aromatic rings. The lowest BCUT2D eigenvalue weighted by Gasteiger charge is -2.08. The van der Waals surface area contributed by atoms with Crippen molar-refractivity contribution in [3.05, 3.63) is 60.1 Å². The van der Waals surface area contributed by atoms with Gasteiger partial charge in [0, 0.05) is 18.2 Å². The van der Waals surface area contributed by atoms with Crippen LogP contribution >= 0.6 is 0 Å². The number of oxazole rings is 1. The van der Waals surface area contributed by atoms with Gasteiger partial charge in [-0.15, -0.1) is 0 Å². The average Bonchev–Trinajstić information content (AvgIpc) is 3.12. The van der Waals surface area contributed by atoms with Crippen molar-refractivity contribution in [1.82, 2.24) is 9.38 Å². The Balaban J connectivity index is 1.67. The largest absolute Gasteiger partial charge is 0.428 e. The number of nitrogens with zero attached hydrogens (tertiary/aromatic N) is 2. The summed E-state index contributed by atoms with van der Waals surface area (Å²) < 4.78 is 8.07. The van der Waals surface area contributed by atoms with Crippen LogP contribution in [-0.2, 0) is 12.8 Å². The van der Waals surface area contributed by atoms with Crippen LogP contribution in [0.25, 0.3) is 27.9 Å². The van der Waals surface area contributed by atoms with E-state index in [1.54, 1.807) is 0 Å². The molecule has 0 radical (unpaired) electrons. The van der Waals surface area contributed by atoms with Crippen molar-refractivity contribution in [2.75, 3.05) is 0 Å². The summed E-state index contributed by atoms with van der Waals surface area (Å²) in [6, 6.07) is 14.9. The molecule has 5 rings (SSSR count). The minimum Gasteiger partial charge on any atom is -0.428 e. The maximum atomic E-state index is 5.93. The first-order chi connectivity index (χ1) is 10.9. The summed E-state index contributed by atoms with van der Waals surface area (Å²) >= 11 is 0. The van der Waals surface area contributed by atoms with E-state index in [1.165, 1.54) is 29.3 Å². The molecule has 3 heteroatoms. The maximum Gasteiger partial charge on any atom is 0.306 e. The van der Waals surface area contributed by atoms with Crippen LogP contribution in [-0.4, -0.2) is 9.38 Å². The van der Waals surface area contributed by atoms with Gasteiger partial charge in [0.25, 0.3) is 0 Å². The van der Waals surface area contributed by atoms with Gasteiger partial charge in [-0.25, -0.2) is 0 Å². The molecule has 2 aromatic heterocycles. The molecule has 0 saturated heterocycles. The molecule has 0 saturated carbocycles. The molecule has 22 heavy (non-hydrogen) atoms. The summed E-state index contributed by atoms with van der Waals surface area (Å²) in [5, 5.41) is 2.50. The van der Waals surface area contributed by atoms with E-state index < -0.39 is 0 Å². The standard InChI is InChI=1S/C19H16N2O/c1-2-6-14-11-15(10-9-13(14)5-1)16-12-21-17-7-3-4-8-18(17)22-19(21)20-16/h1-2,5-6,9-12H,3-4,7-8H2. The summed E-state index contributed by atoms with van der Waals surface area (Å²) in [7, 11) is 0. The average molecular weight is 288 g/mol. The van der Waals surface area contributed by atoms with Gasteiger partial charge in [-0.2, -0.15) is 4.98 Å². The Labute approximate surface area is 128 Å². The van der Waals surface area contributed by atoms with Crippen LogP contribution in [0.1, 0.15) is 24.3 Å². The van der Waals surface area contributed by atoms with Crippen molar-refractivity contribution in [1.29, 1.82) is 0 Å². The highest BCUT2D eigenvalue weighted by Gasteiger charge is 2.19. The Hall–Kier alpha value is -2.55. The summed E-state index contributed by atoms with van der Waals surface area (Å²) in [4.78, 5) is 4.69. The first-order valence-electron chi connectivity index (χ1n) is 7.87. The van der Waals surface area contributed by atoms with E-state index in [-0.39, 0.29) is 0 Å². The van der Waals surface area contributed by atoms with Crippen molar-refractivity contribution in [2.45, 2.75) is 25.7 Å². The monoisotopic (exact) mass is 288 g/mol. The molecule has 1 aliphatic rings. The Bertz CT molecular complexity index is 993. The topological polar surface area (TPSA) is 30.4 Å². The first kappa shape index (κ1) is 12.0. The van der Waals surface area contributed by atoms with Crippen LogP contribution in [0.3, 0.4) is 0 Å². The predicted molar refractivity (Wildman–Crippen MR) is 87.0 cm³/mol. The fraction of sp³-hybridized carbons (Fsp3) is 0.211. The van der Waals surface area contributed by atoms with Gasteiger partial charge < -0.3 is 4.42 Å². The number of hydrogen-bond acceptors (Lipinski definition) is 2. The van der Waals surface area contributed by atoms with Crippen molar-refractivity contribution in [2.24, 2.45) is 0 Å². The van der Waals surface area contributed by atoms with Gasteiger partial charge in [0.1, 0.15) is 5.76 Å². The van der Waals surface area contributed by atoms with Gasteiger partial charge in [-0.3, -0.25) is 4.40 Å². The lowest BCUT2D eigenvalue weighted by atomic mass is 10.0. The Morgan fingerprint density at radius 2 is 1.82 bits per heavy atom. The molecule has 3 nitrogen and oxygen atoms in total. The molecule has 0 spiro atoms. The molecular formula is C19H16N2O. The SMILES string of the molecule is c1ccc2cc(-c3cn4c5c(oc4n3)CCCC5)ccc2c1. The molecule has 0 atom stereocenters. The Kier molecular flexibility index (Phi) is 2.45. The number of imidazole rings is 1. The Morgan fingerprint density at radius 1 is 0.955 bits per heavy atom. The summed E-state index contributed by atoms with van der Waals surface area (Å²) in [5.74, 6) is 1.86. The van der Waals surface area contributed by atoms with E-state index in [9.17, 15) is 0 Å². The van der Waals surface area contributed by atoms with Crippen molar-refractivity contribution >= 4 is 16.6 Å². The second kappa shape index (κ2) is 4.47. The summed E-state index contributed by atoms with van der Waals surface area (Å²) in [6.45, 7) is 0. The highest BCUT2D eigenvalue weighted by Crippen LogP contribution is 2.29. The third-order valence-electron chi connectivity index (χ3n) is 4.61. The number of benzene rings is 2. The fourth-order valence-electron chi connectivity index (χ4n) is 3.45. The predicted octanol–water partition coefficient (Wildman–Crippen LogP) is 4.63. The Morgan fingerprint density at radius 3 is 2.77 bits per heavy atom. The van der Waals surface area contributed by atoms with Gasteiger partial charge in [-0.1, -0.05) is 36.4 Å². The third-order valence-corrected chi connectivity index (χ3v) is 4.61. The van der Waals surface area contributed by atoms with E-state index in [0.29, 0.717) is 0 Å². The number of aryl methyl sites for hydroxylation is 2. The number of fused-ring (bicyclic) bond motifs is 4. The van der Waals surface area contributed by atoms with Gasteiger partial charge in [0.15, 0.2) is 0 Å². The molecule has 0 unspecified atom stereocenters. The third kappa shape index (κ3) is 1.72. The zero-order valence-electron chi connectivity index (χ0n) is 12.2. The maximum absolute atomic E-state index is 5.93. The van der Waals surface area contributed by atoms with Crippen LogP contribution in [0.15, 0.2) is 53.1 Å². The molecule has 2 aromatic carbocycles. The molecule has 2 heterocycles. The van der Waals surface area contributed by atoms with Crippen LogP contribution in [0.5, 0.6) is 0 Å². The van der Waals surface area contributed by atoms with Gasteiger partial charge in [0.2, 0.25) is 0 Å². The quantitative estimate of drug-likeness (QED) is 0.511. The molecule has 0 N–H and O–H groups in total. The smallest absolute Gasteiger partial charge is 0.306 e. The minimum atomic E-state index is 0.732. The van der Waals surface area contributed by atoms with E-state index in [0.717, 1.165) is 35.7 Å². The van der Waals surface area contributed by atoms with Crippen LogP contribution in [0.2, 0.25) is 0 Å². The highest BCUT2D eigenvalue weighted by molar-refractivity contribution is 5.86. The van der Waals surface area contributed by atoms with Gasteiger partial charge in [-0.05, 0) is 36.1 Å². The van der Waals surface area contributed by atoms with E-state index in [2.05, 4.69) is 53.1 Å². The van der Waals surface area contributed by atoms with E-state index in [4.69, 9.17) is 9.40 Å². The fourth-order valence-corrected chi connectivity index (χ4v) is 3.45. The van der Waals surface area contributed by atoms with Crippen LogP contribution < -0.4 is 0 Å². The van der Waals surface area contributed by atoms with Gasteiger partial charge >= 0.3 is 5.84 Å². The number of aromatic nitrogens is 2. The summed E-state index contributed by atoms with van der Waals surface area (Å²) in [5.41, 5.74) is 3.43. The molecule has 0 aliphatic heterocycles. The van der Waals surface area contributed by atoms with E-state index in [1.807, 2.05) is 0 Å².